The van der Waals surface area contributed by atoms with Crippen LogP contribution in [0.1, 0.15) is 50.5 Å². The van der Waals surface area contributed by atoms with Gasteiger partial charge < -0.3 is 21.9 Å². The number of carbonyl (C=O) groups is 2. The van der Waals surface area contributed by atoms with Crippen LogP contribution in [0.3, 0.4) is 0 Å². The zero-order valence-corrected chi connectivity index (χ0v) is 18.7. The summed E-state index contributed by atoms with van der Waals surface area (Å²) in [5.74, 6) is -0.294. The average Bonchev–Trinajstić information content (AvgIpc) is 2.74. The van der Waals surface area contributed by atoms with E-state index in [1.54, 1.807) is 32.2 Å². The van der Waals surface area contributed by atoms with Crippen LogP contribution >= 0.6 is 0 Å². The van der Waals surface area contributed by atoms with Crippen LogP contribution in [0, 0.1) is 22.2 Å². The minimum Gasteiger partial charge on any atom is -0.338 e. The number of carbonyl (C=O) groups excluding carboxylic acids is 2. The Morgan fingerprint density at radius 1 is 1.32 bits per heavy atom. The zero-order valence-electron chi connectivity index (χ0n) is 18.7. The highest BCUT2D eigenvalue weighted by atomic mass is 16.2. The average molecular weight is 428 g/mol. The molecule has 168 valence electrons. The van der Waals surface area contributed by atoms with Crippen molar-refractivity contribution in [2.45, 2.75) is 46.1 Å². The van der Waals surface area contributed by atoms with Crippen LogP contribution in [0.2, 0.25) is 0 Å². The van der Waals surface area contributed by atoms with Crippen molar-refractivity contribution in [2.75, 3.05) is 13.6 Å². The molecule has 1 aromatic rings. The molecular formula is C22H33N7O2. The summed E-state index contributed by atoms with van der Waals surface area (Å²) in [6, 6.07) is 4.21. The monoisotopic (exact) mass is 427 g/mol. The lowest BCUT2D eigenvalue weighted by atomic mass is 9.83. The number of pyridine rings is 1. The largest absolute Gasteiger partial charge is 0.338 e. The minimum atomic E-state index is -0.661. The molecule has 0 saturated carbocycles. The van der Waals surface area contributed by atoms with Gasteiger partial charge in [0.2, 0.25) is 0 Å². The molecule has 1 aromatic heterocycles. The Labute approximate surface area is 183 Å². The van der Waals surface area contributed by atoms with Gasteiger partial charge in [0.05, 0.1) is 0 Å². The molecule has 2 atom stereocenters. The van der Waals surface area contributed by atoms with Crippen LogP contribution in [0.25, 0.3) is 0 Å². The number of rotatable bonds is 13. The van der Waals surface area contributed by atoms with Crippen molar-refractivity contribution in [1.29, 1.82) is 10.8 Å². The molecule has 1 heterocycles. The molecule has 0 aromatic carbocycles. The quantitative estimate of drug-likeness (QED) is 0.357. The number of hydrogen-bond donors (Lipinski definition) is 4. The number of ketones is 1. The number of aliphatic imine (C=N–C) groups is 2. The van der Waals surface area contributed by atoms with Gasteiger partial charge in [-0.3, -0.25) is 14.6 Å². The first kappa shape index (κ1) is 26.0. The van der Waals surface area contributed by atoms with Gasteiger partial charge in [-0.15, -0.1) is 0 Å². The third-order valence-corrected chi connectivity index (χ3v) is 5.01. The topological polar surface area (TPSA) is 158 Å². The Kier molecular flexibility index (Phi) is 10.5. The highest BCUT2D eigenvalue weighted by Crippen LogP contribution is 2.24. The molecule has 1 rings (SSSR count). The molecule has 1 amide bonds. The smallest absolute Gasteiger partial charge is 0.270 e. The lowest BCUT2D eigenvalue weighted by molar-refractivity contribution is -0.125. The third kappa shape index (κ3) is 8.67. The lowest BCUT2D eigenvalue weighted by Crippen LogP contribution is -2.42. The van der Waals surface area contributed by atoms with Gasteiger partial charge in [-0.05, 0) is 38.3 Å². The summed E-state index contributed by atoms with van der Waals surface area (Å²) in [6.07, 6.45) is 5.98. The molecule has 5 N–H and O–H groups in total. The Hall–Kier alpha value is -3.07. The van der Waals surface area contributed by atoms with Gasteiger partial charge >= 0.3 is 0 Å². The standard InChI is InChI=1S/C22H33N7O2/c1-15(30)22(2,3)10-6-7-17(25)19(14-26-4)29-21(31)18-8-5-9-20(28-18)27-13-16(11-23)12-24/h5,8-9,11,13-14,16,19,23,25H,6-7,10,12,24H2,1-4H3,(H,29,31). The SMILES string of the molecule is CN=CC(NC(=O)c1cccc(N=CC(C=N)CN)n1)C(=N)CCCC(C)(C)C(C)=O. The number of aromatic nitrogens is 1. The maximum absolute atomic E-state index is 12.7. The summed E-state index contributed by atoms with van der Waals surface area (Å²) in [4.78, 5) is 36.7. The van der Waals surface area contributed by atoms with Crippen molar-refractivity contribution in [3.63, 3.8) is 0 Å². The number of Topliss-reactive ketones (excluding diaryl/α,β-unsaturated/α-hetero) is 1. The predicted molar refractivity (Wildman–Crippen MR) is 125 cm³/mol. The molecule has 0 saturated heterocycles. The molecule has 0 aliphatic rings. The minimum absolute atomic E-state index is 0.117. The zero-order chi connectivity index (χ0) is 23.4. The number of nitrogens with one attached hydrogen (secondary N) is 3. The van der Waals surface area contributed by atoms with Gasteiger partial charge in [0.15, 0.2) is 5.82 Å². The van der Waals surface area contributed by atoms with Crippen molar-refractivity contribution in [3.8, 4) is 0 Å². The first-order valence-corrected chi connectivity index (χ1v) is 10.2. The van der Waals surface area contributed by atoms with E-state index in [-0.39, 0.29) is 23.9 Å². The molecule has 0 fully saturated rings. The van der Waals surface area contributed by atoms with Crippen molar-refractivity contribution in [2.24, 2.45) is 27.1 Å². The van der Waals surface area contributed by atoms with Crippen LogP contribution in [0.15, 0.2) is 28.2 Å². The van der Waals surface area contributed by atoms with Crippen LogP contribution in [-0.2, 0) is 4.79 Å². The lowest BCUT2D eigenvalue weighted by Gasteiger charge is -2.22. The van der Waals surface area contributed by atoms with Gasteiger partial charge in [-0.25, -0.2) is 9.98 Å². The second-order valence-corrected chi connectivity index (χ2v) is 7.90. The first-order valence-electron chi connectivity index (χ1n) is 10.2. The molecule has 0 spiro atoms. The molecular weight excluding hydrogens is 394 g/mol. The molecule has 9 heteroatoms. The van der Waals surface area contributed by atoms with Crippen LogP contribution < -0.4 is 11.1 Å². The number of nitrogens with zero attached hydrogens (tertiary/aromatic N) is 3. The predicted octanol–water partition coefficient (Wildman–Crippen LogP) is 2.61. The summed E-state index contributed by atoms with van der Waals surface area (Å²) in [5, 5.41) is 18.4. The van der Waals surface area contributed by atoms with Crippen LogP contribution in [0.5, 0.6) is 0 Å². The number of hydrogen-bond acceptors (Lipinski definition) is 8. The van der Waals surface area contributed by atoms with Crippen molar-refractivity contribution in [3.05, 3.63) is 23.9 Å². The number of amides is 1. The van der Waals surface area contributed by atoms with Crippen molar-refractivity contribution >= 4 is 41.9 Å². The Morgan fingerprint density at radius 3 is 2.61 bits per heavy atom. The van der Waals surface area contributed by atoms with Gasteiger partial charge in [0.1, 0.15) is 17.5 Å². The van der Waals surface area contributed by atoms with E-state index >= 15 is 0 Å². The van der Waals surface area contributed by atoms with Crippen LogP contribution in [-0.4, -0.2) is 60.7 Å². The normalized spacial score (nSPS) is 13.8. The Balaban J connectivity index is 2.81. The fourth-order valence-corrected chi connectivity index (χ4v) is 2.60. The molecule has 0 aliphatic carbocycles. The number of nitrogens with two attached hydrogens (primary N) is 1. The molecule has 0 bridgehead atoms. The van der Waals surface area contributed by atoms with E-state index in [9.17, 15) is 9.59 Å². The molecule has 0 radical (unpaired) electrons. The second-order valence-electron chi connectivity index (χ2n) is 7.90. The molecule has 9 nitrogen and oxygen atoms in total. The summed E-state index contributed by atoms with van der Waals surface area (Å²) in [7, 11) is 1.58. The van der Waals surface area contributed by atoms with Gasteiger partial charge in [-0.2, -0.15) is 0 Å². The Bertz CT molecular complexity index is 846. The maximum Gasteiger partial charge on any atom is 0.270 e. The summed E-state index contributed by atoms with van der Waals surface area (Å²) < 4.78 is 0. The molecule has 31 heavy (non-hydrogen) atoms. The van der Waals surface area contributed by atoms with E-state index < -0.39 is 17.4 Å². The van der Waals surface area contributed by atoms with Crippen molar-refractivity contribution in [1.82, 2.24) is 10.3 Å². The highest BCUT2D eigenvalue weighted by Gasteiger charge is 2.24. The van der Waals surface area contributed by atoms with E-state index in [1.165, 1.54) is 18.6 Å². The first-order chi connectivity index (χ1) is 14.6. The van der Waals surface area contributed by atoms with E-state index in [0.29, 0.717) is 30.8 Å². The van der Waals surface area contributed by atoms with E-state index in [0.717, 1.165) is 0 Å². The van der Waals surface area contributed by atoms with Crippen molar-refractivity contribution < 1.29 is 9.59 Å². The van der Waals surface area contributed by atoms with Gasteiger partial charge in [0, 0.05) is 49.3 Å². The fourth-order valence-electron chi connectivity index (χ4n) is 2.60. The third-order valence-electron chi connectivity index (χ3n) is 5.01. The molecule has 0 aliphatic heterocycles. The van der Waals surface area contributed by atoms with Gasteiger partial charge in [0.25, 0.3) is 5.91 Å². The summed E-state index contributed by atoms with van der Waals surface area (Å²) >= 11 is 0. The summed E-state index contributed by atoms with van der Waals surface area (Å²) in [6.45, 7) is 5.62. The second kappa shape index (κ2) is 12.6. The Morgan fingerprint density at radius 2 is 2.03 bits per heavy atom. The van der Waals surface area contributed by atoms with Crippen LogP contribution in [0.4, 0.5) is 5.82 Å². The maximum atomic E-state index is 12.7. The van der Waals surface area contributed by atoms with E-state index in [1.807, 2.05) is 13.8 Å². The fraction of sp³-hybridized carbons (Fsp3) is 0.500. The van der Waals surface area contributed by atoms with E-state index in [4.69, 9.17) is 16.6 Å². The summed E-state index contributed by atoms with van der Waals surface area (Å²) in [5.41, 5.74) is 5.58. The highest BCUT2D eigenvalue weighted by molar-refractivity contribution is 6.06. The van der Waals surface area contributed by atoms with E-state index in [2.05, 4.69) is 20.3 Å². The van der Waals surface area contributed by atoms with Gasteiger partial charge in [-0.1, -0.05) is 19.9 Å². The molecule has 2 unspecified atom stereocenters.